The summed E-state index contributed by atoms with van der Waals surface area (Å²) >= 11 is 0. The van der Waals surface area contributed by atoms with Crippen LogP contribution in [-0.2, 0) is 9.59 Å². The Balaban J connectivity index is 1.71. The average Bonchev–Trinajstić information content (AvgIpc) is 2.62. The van der Waals surface area contributed by atoms with Crippen molar-refractivity contribution < 1.29 is 19.2 Å². The van der Waals surface area contributed by atoms with E-state index in [0.717, 1.165) is 0 Å². The van der Waals surface area contributed by atoms with Crippen molar-refractivity contribution in [3.8, 4) is 0 Å². The Morgan fingerprint density at radius 1 is 0.708 bits per heavy atom. The third kappa shape index (κ3) is 3.53. The van der Waals surface area contributed by atoms with E-state index in [1.165, 1.54) is 0 Å². The molecule has 1 aromatic carbocycles. The quantitative estimate of drug-likeness (QED) is 0.820. The highest BCUT2D eigenvalue weighted by Crippen LogP contribution is 2.16. The maximum atomic E-state index is 12.5. The van der Waals surface area contributed by atoms with Crippen LogP contribution in [0.4, 0.5) is 0 Å². The number of carbonyl (C=O) groups excluding carboxylic acids is 4. The summed E-state index contributed by atoms with van der Waals surface area (Å²) in [7, 11) is 0. The Morgan fingerprint density at radius 2 is 1.08 bits per heavy atom. The molecule has 0 radical (unpaired) electrons. The molecule has 2 fully saturated rings. The Labute approximate surface area is 140 Å². The maximum absolute atomic E-state index is 12.5. The molecule has 0 bridgehead atoms. The minimum absolute atomic E-state index is 0.147. The molecule has 2 aliphatic heterocycles. The lowest BCUT2D eigenvalue weighted by molar-refractivity contribution is -0.121. The van der Waals surface area contributed by atoms with Crippen molar-refractivity contribution in [1.82, 2.24) is 9.80 Å². The van der Waals surface area contributed by atoms with Gasteiger partial charge in [0.2, 0.25) is 0 Å². The van der Waals surface area contributed by atoms with Gasteiger partial charge in [-0.2, -0.15) is 0 Å². The van der Waals surface area contributed by atoms with E-state index in [2.05, 4.69) is 0 Å². The van der Waals surface area contributed by atoms with Gasteiger partial charge in [-0.3, -0.25) is 19.2 Å². The lowest BCUT2D eigenvalue weighted by atomic mass is 10.0. The number of amides is 2. The summed E-state index contributed by atoms with van der Waals surface area (Å²) < 4.78 is 0. The fraction of sp³-hybridized carbons (Fsp3) is 0.444. The average molecular weight is 328 g/mol. The first kappa shape index (κ1) is 16.4. The monoisotopic (exact) mass is 328 g/mol. The largest absolute Gasteiger partial charge is 0.338 e. The maximum Gasteiger partial charge on any atom is 0.253 e. The zero-order chi connectivity index (χ0) is 17.1. The van der Waals surface area contributed by atoms with Gasteiger partial charge >= 0.3 is 0 Å². The molecule has 2 amide bonds. The van der Waals surface area contributed by atoms with Crippen molar-refractivity contribution >= 4 is 23.4 Å². The molecule has 0 spiro atoms. The molecule has 2 saturated heterocycles. The number of likely N-dealkylation sites (tertiary alicyclic amines) is 2. The van der Waals surface area contributed by atoms with Gasteiger partial charge in [-0.1, -0.05) is 6.07 Å². The molecule has 3 rings (SSSR count). The lowest BCUT2D eigenvalue weighted by Crippen LogP contribution is -2.39. The van der Waals surface area contributed by atoms with Crippen LogP contribution in [0, 0.1) is 0 Å². The third-order valence-corrected chi connectivity index (χ3v) is 4.57. The van der Waals surface area contributed by atoms with E-state index in [1.807, 2.05) is 0 Å². The van der Waals surface area contributed by atoms with Crippen LogP contribution >= 0.6 is 0 Å². The van der Waals surface area contributed by atoms with Crippen molar-refractivity contribution in [3.05, 3.63) is 35.4 Å². The number of nitrogens with zero attached hydrogens (tertiary/aromatic N) is 2. The first-order chi connectivity index (χ1) is 11.5. The number of hydrogen-bond acceptors (Lipinski definition) is 4. The van der Waals surface area contributed by atoms with Crippen molar-refractivity contribution in [2.75, 3.05) is 26.2 Å². The second-order valence-corrected chi connectivity index (χ2v) is 6.24. The minimum Gasteiger partial charge on any atom is -0.338 e. The molecule has 0 aromatic heterocycles. The van der Waals surface area contributed by atoms with Gasteiger partial charge in [0.15, 0.2) is 0 Å². The van der Waals surface area contributed by atoms with Crippen molar-refractivity contribution in [3.63, 3.8) is 0 Å². The number of piperidine rings is 2. The Bertz CT molecular complexity index is 623. The predicted molar refractivity (Wildman–Crippen MR) is 86.7 cm³/mol. The topological polar surface area (TPSA) is 74.8 Å². The number of hydrogen-bond donors (Lipinski definition) is 0. The number of ketones is 2. The Hall–Kier alpha value is -2.50. The number of carbonyl (C=O) groups is 4. The van der Waals surface area contributed by atoms with Crippen LogP contribution in [0.3, 0.4) is 0 Å². The highest BCUT2D eigenvalue weighted by molar-refractivity contribution is 6.00. The molecule has 24 heavy (non-hydrogen) atoms. The summed E-state index contributed by atoms with van der Waals surface area (Å²) in [6.45, 7) is 1.74. The highest BCUT2D eigenvalue weighted by atomic mass is 16.2. The molecular weight excluding hydrogens is 308 g/mol. The molecule has 0 unspecified atom stereocenters. The van der Waals surface area contributed by atoms with Gasteiger partial charge in [-0.15, -0.1) is 0 Å². The number of Topliss-reactive ketones (excluding diaryl/α,β-unsaturated/α-hetero) is 2. The molecule has 126 valence electrons. The smallest absolute Gasteiger partial charge is 0.253 e. The number of rotatable bonds is 2. The van der Waals surface area contributed by atoms with E-state index in [-0.39, 0.29) is 23.4 Å². The summed E-state index contributed by atoms with van der Waals surface area (Å²) in [6.07, 6.45) is 1.58. The molecule has 6 nitrogen and oxygen atoms in total. The standard InChI is InChI=1S/C18H20N2O4/c21-15-4-8-19(9-5-15)17(23)13-2-1-3-14(12-13)18(24)20-10-6-16(22)7-11-20/h1-3,12H,4-11H2. The van der Waals surface area contributed by atoms with Gasteiger partial charge in [0.25, 0.3) is 11.8 Å². The van der Waals surface area contributed by atoms with E-state index >= 15 is 0 Å². The summed E-state index contributed by atoms with van der Waals surface area (Å²) in [5, 5.41) is 0. The van der Waals surface area contributed by atoms with Gasteiger partial charge in [0.05, 0.1) is 0 Å². The van der Waals surface area contributed by atoms with Crippen molar-refractivity contribution in [1.29, 1.82) is 0 Å². The number of benzene rings is 1. The van der Waals surface area contributed by atoms with Crippen LogP contribution in [0.5, 0.6) is 0 Å². The van der Waals surface area contributed by atoms with Crippen LogP contribution in [0.1, 0.15) is 46.4 Å². The fourth-order valence-corrected chi connectivity index (χ4v) is 3.07. The van der Waals surface area contributed by atoms with E-state index < -0.39 is 0 Å². The molecule has 0 saturated carbocycles. The second-order valence-electron chi connectivity index (χ2n) is 6.24. The zero-order valence-corrected chi connectivity index (χ0v) is 13.5. The van der Waals surface area contributed by atoms with Gasteiger partial charge in [0, 0.05) is 63.0 Å². The van der Waals surface area contributed by atoms with Crippen LogP contribution < -0.4 is 0 Å². The molecule has 0 N–H and O–H groups in total. The lowest BCUT2D eigenvalue weighted by Gasteiger charge is -2.27. The summed E-state index contributed by atoms with van der Waals surface area (Å²) in [6, 6.07) is 6.69. The van der Waals surface area contributed by atoms with E-state index in [4.69, 9.17) is 0 Å². The van der Waals surface area contributed by atoms with Crippen molar-refractivity contribution in [2.24, 2.45) is 0 Å². The first-order valence-corrected chi connectivity index (χ1v) is 8.26. The van der Waals surface area contributed by atoms with Crippen molar-refractivity contribution in [2.45, 2.75) is 25.7 Å². The van der Waals surface area contributed by atoms with Gasteiger partial charge < -0.3 is 9.80 Å². The molecular formula is C18H20N2O4. The van der Waals surface area contributed by atoms with Crippen LogP contribution in [-0.4, -0.2) is 59.4 Å². The van der Waals surface area contributed by atoms with Crippen LogP contribution in [0.2, 0.25) is 0 Å². The zero-order valence-electron chi connectivity index (χ0n) is 13.5. The summed E-state index contributed by atoms with van der Waals surface area (Å²) in [4.78, 5) is 51.0. The Kier molecular flexibility index (Phi) is 4.74. The molecule has 2 aliphatic rings. The summed E-state index contributed by atoms with van der Waals surface area (Å²) in [5.41, 5.74) is 0.923. The van der Waals surface area contributed by atoms with Gasteiger partial charge in [-0.05, 0) is 18.2 Å². The normalized spacial score (nSPS) is 18.7. The summed E-state index contributed by atoms with van der Waals surface area (Å²) in [5.74, 6) is 0.0715. The van der Waals surface area contributed by atoms with Gasteiger partial charge in [-0.25, -0.2) is 0 Å². The minimum atomic E-state index is -0.147. The fourth-order valence-electron chi connectivity index (χ4n) is 3.07. The van der Waals surface area contributed by atoms with Gasteiger partial charge in [0.1, 0.15) is 11.6 Å². The second kappa shape index (κ2) is 6.95. The van der Waals surface area contributed by atoms with E-state index in [9.17, 15) is 19.2 Å². The first-order valence-electron chi connectivity index (χ1n) is 8.26. The van der Waals surface area contributed by atoms with Crippen LogP contribution in [0.25, 0.3) is 0 Å². The molecule has 2 heterocycles. The van der Waals surface area contributed by atoms with E-state index in [1.54, 1.807) is 34.1 Å². The molecule has 6 heteroatoms. The SMILES string of the molecule is O=C1CCN(C(=O)c2cccc(C(=O)N3CCC(=O)CC3)c2)CC1. The molecule has 1 aromatic rings. The third-order valence-electron chi connectivity index (χ3n) is 4.57. The highest BCUT2D eigenvalue weighted by Gasteiger charge is 2.24. The predicted octanol–water partition coefficient (Wildman–Crippen LogP) is 1.30. The van der Waals surface area contributed by atoms with Crippen LogP contribution in [0.15, 0.2) is 24.3 Å². The molecule has 0 aliphatic carbocycles. The van der Waals surface area contributed by atoms with E-state index in [0.29, 0.717) is 63.0 Å². The Morgan fingerprint density at radius 3 is 1.46 bits per heavy atom. The molecule has 0 atom stereocenters.